The maximum Gasteiger partial charge on any atom is 0.508 e. The Morgan fingerprint density at radius 1 is 1.15 bits per heavy atom. The van der Waals surface area contributed by atoms with Gasteiger partial charge in [-0.2, -0.15) is 0 Å². The lowest BCUT2D eigenvalue weighted by molar-refractivity contribution is 0.424. The molecule has 3 nitrogen and oxygen atoms in total. The van der Waals surface area contributed by atoms with E-state index in [0.29, 0.717) is 5.59 Å². The van der Waals surface area contributed by atoms with Crippen LogP contribution in [0.1, 0.15) is 24.0 Å². The number of aryl methyl sites for hydroxylation is 2. The summed E-state index contributed by atoms with van der Waals surface area (Å²) in [4.78, 5) is 3.99. The number of nitrogens with zero attached hydrogens (tertiary/aromatic N) is 1. The summed E-state index contributed by atoms with van der Waals surface area (Å²) in [6, 6.07) is 1.80. The molecule has 2 N–H and O–H groups in total. The normalized spacial score (nSPS) is 15.2. The van der Waals surface area contributed by atoms with Gasteiger partial charge in [-0.15, -0.1) is 0 Å². The van der Waals surface area contributed by atoms with Gasteiger partial charge < -0.3 is 10.0 Å². The molecule has 4 heteroatoms. The van der Waals surface area contributed by atoms with Crippen LogP contribution in [-0.4, -0.2) is 22.2 Å². The van der Waals surface area contributed by atoms with Crippen LogP contribution in [0.4, 0.5) is 0 Å². The molecule has 13 heavy (non-hydrogen) atoms. The molecule has 68 valence electrons. The van der Waals surface area contributed by atoms with E-state index >= 15 is 0 Å². The number of rotatable bonds is 1. The van der Waals surface area contributed by atoms with Crippen molar-refractivity contribution in [2.45, 2.75) is 25.7 Å². The first-order valence-corrected chi connectivity index (χ1v) is 4.61. The SMILES string of the molecule is OB(O)c1cc2c(cn1)CCCC2. The van der Waals surface area contributed by atoms with Gasteiger partial charge in [0.15, 0.2) is 0 Å². The molecule has 0 saturated carbocycles. The van der Waals surface area contributed by atoms with E-state index in [9.17, 15) is 0 Å². The molecule has 1 aliphatic rings. The Kier molecular flexibility index (Phi) is 2.33. The molecule has 1 heterocycles. The minimum absolute atomic E-state index is 0.362. The van der Waals surface area contributed by atoms with Gasteiger partial charge in [-0.1, -0.05) is 0 Å². The summed E-state index contributed by atoms with van der Waals surface area (Å²) in [7, 11) is -1.44. The van der Waals surface area contributed by atoms with E-state index in [1.165, 1.54) is 24.0 Å². The molecule has 0 fully saturated rings. The lowest BCUT2D eigenvalue weighted by Gasteiger charge is -2.15. The number of pyridine rings is 1. The highest BCUT2D eigenvalue weighted by Gasteiger charge is 2.16. The van der Waals surface area contributed by atoms with Crippen LogP contribution in [0.3, 0.4) is 0 Å². The fourth-order valence-corrected chi connectivity index (χ4v) is 1.77. The fraction of sp³-hybridized carbons (Fsp3) is 0.444. The van der Waals surface area contributed by atoms with Crippen LogP contribution in [0.15, 0.2) is 12.3 Å². The monoisotopic (exact) mass is 177 g/mol. The lowest BCUT2D eigenvalue weighted by atomic mass is 9.82. The van der Waals surface area contributed by atoms with Crippen molar-refractivity contribution in [2.75, 3.05) is 0 Å². The number of fused-ring (bicyclic) bond motifs is 1. The third kappa shape index (κ3) is 1.74. The summed E-state index contributed by atoms with van der Waals surface area (Å²) in [6.07, 6.45) is 6.29. The van der Waals surface area contributed by atoms with Gasteiger partial charge in [0.2, 0.25) is 0 Å². The molecule has 0 bridgehead atoms. The zero-order valence-corrected chi connectivity index (χ0v) is 7.40. The molecular weight excluding hydrogens is 165 g/mol. The summed E-state index contributed by atoms with van der Waals surface area (Å²) in [5.74, 6) is 0. The minimum Gasteiger partial charge on any atom is -0.422 e. The zero-order valence-electron chi connectivity index (χ0n) is 7.40. The summed E-state index contributed by atoms with van der Waals surface area (Å²) < 4.78 is 0. The third-order valence-electron chi connectivity index (χ3n) is 2.51. The Balaban J connectivity index is 2.35. The van der Waals surface area contributed by atoms with Gasteiger partial charge in [0.05, 0.1) is 5.59 Å². The van der Waals surface area contributed by atoms with Crippen LogP contribution in [0.5, 0.6) is 0 Å². The van der Waals surface area contributed by atoms with E-state index in [1.807, 2.05) is 0 Å². The molecule has 0 aromatic carbocycles. The Hall–Kier alpha value is -0.865. The Labute approximate surface area is 77.6 Å². The van der Waals surface area contributed by atoms with Gasteiger partial charge in [-0.25, -0.2) is 0 Å². The van der Waals surface area contributed by atoms with E-state index in [0.717, 1.165) is 12.8 Å². The quantitative estimate of drug-likeness (QED) is 0.576. The van der Waals surface area contributed by atoms with Crippen molar-refractivity contribution < 1.29 is 10.0 Å². The molecule has 0 spiro atoms. The second-order valence-electron chi connectivity index (χ2n) is 3.46. The van der Waals surface area contributed by atoms with Crippen LogP contribution in [0.2, 0.25) is 0 Å². The maximum absolute atomic E-state index is 8.92. The van der Waals surface area contributed by atoms with Gasteiger partial charge in [-0.05, 0) is 42.9 Å². The molecule has 0 radical (unpaired) electrons. The maximum atomic E-state index is 8.92. The third-order valence-corrected chi connectivity index (χ3v) is 2.51. The van der Waals surface area contributed by atoms with Crippen molar-refractivity contribution in [2.24, 2.45) is 0 Å². The smallest absolute Gasteiger partial charge is 0.422 e. The zero-order chi connectivity index (χ0) is 9.26. The molecule has 0 aliphatic heterocycles. The van der Waals surface area contributed by atoms with Crippen LogP contribution in [0.25, 0.3) is 0 Å². The molecule has 0 saturated heterocycles. The standard InChI is InChI=1S/C9H12BNO2/c12-10(13)9-5-7-3-1-2-4-8(7)6-11-9/h5-6,12-13H,1-4H2. The van der Waals surface area contributed by atoms with Crippen molar-refractivity contribution >= 4 is 12.7 Å². The largest absolute Gasteiger partial charge is 0.508 e. The van der Waals surface area contributed by atoms with Gasteiger partial charge in [0.25, 0.3) is 0 Å². The second kappa shape index (κ2) is 3.48. The first-order chi connectivity index (χ1) is 6.27. The van der Waals surface area contributed by atoms with Crippen molar-refractivity contribution in [3.63, 3.8) is 0 Å². The van der Waals surface area contributed by atoms with E-state index < -0.39 is 7.12 Å². The predicted molar refractivity (Wildman–Crippen MR) is 50.7 cm³/mol. The molecule has 0 amide bonds. The van der Waals surface area contributed by atoms with E-state index in [1.54, 1.807) is 12.3 Å². The summed E-state index contributed by atoms with van der Waals surface area (Å²) >= 11 is 0. The van der Waals surface area contributed by atoms with Crippen molar-refractivity contribution in [1.29, 1.82) is 0 Å². The van der Waals surface area contributed by atoms with Crippen molar-refractivity contribution in [3.05, 3.63) is 23.4 Å². The average molecular weight is 177 g/mol. The van der Waals surface area contributed by atoms with Gasteiger partial charge in [0.1, 0.15) is 0 Å². The lowest BCUT2D eigenvalue weighted by Crippen LogP contribution is -2.33. The number of aromatic nitrogens is 1. The second-order valence-corrected chi connectivity index (χ2v) is 3.46. The predicted octanol–water partition coefficient (Wildman–Crippen LogP) is -0.360. The summed E-state index contributed by atoms with van der Waals surface area (Å²) in [5, 5.41) is 17.8. The molecule has 0 atom stereocenters. The van der Waals surface area contributed by atoms with Crippen LogP contribution < -0.4 is 5.59 Å². The first-order valence-electron chi connectivity index (χ1n) is 4.61. The van der Waals surface area contributed by atoms with Crippen molar-refractivity contribution in [3.8, 4) is 0 Å². The molecule has 2 rings (SSSR count). The molecule has 1 aromatic rings. The highest BCUT2D eigenvalue weighted by Crippen LogP contribution is 2.18. The fourth-order valence-electron chi connectivity index (χ4n) is 1.77. The molecule has 1 aliphatic carbocycles. The van der Waals surface area contributed by atoms with Crippen molar-refractivity contribution in [1.82, 2.24) is 4.98 Å². The Morgan fingerprint density at radius 3 is 2.54 bits per heavy atom. The number of hydrogen-bond donors (Lipinski definition) is 2. The van der Waals surface area contributed by atoms with E-state index in [-0.39, 0.29) is 0 Å². The van der Waals surface area contributed by atoms with Gasteiger partial charge in [0, 0.05) is 6.20 Å². The van der Waals surface area contributed by atoms with Crippen LogP contribution >= 0.6 is 0 Å². The highest BCUT2D eigenvalue weighted by atomic mass is 16.4. The minimum atomic E-state index is -1.44. The van der Waals surface area contributed by atoms with E-state index in [4.69, 9.17) is 10.0 Å². The highest BCUT2D eigenvalue weighted by molar-refractivity contribution is 6.57. The Bertz CT molecular complexity index is 314. The number of hydrogen-bond acceptors (Lipinski definition) is 3. The van der Waals surface area contributed by atoms with Gasteiger partial charge >= 0.3 is 7.12 Å². The average Bonchev–Trinajstić information content (AvgIpc) is 2.17. The summed E-state index contributed by atoms with van der Waals surface area (Å²) in [6.45, 7) is 0. The van der Waals surface area contributed by atoms with Crippen LogP contribution in [-0.2, 0) is 12.8 Å². The van der Waals surface area contributed by atoms with Crippen LogP contribution in [0, 0.1) is 0 Å². The molecule has 1 aromatic heterocycles. The topological polar surface area (TPSA) is 53.4 Å². The Morgan fingerprint density at radius 2 is 1.85 bits per heavy atom. The van der Waals surface area contributed by atoms with Gasteiger partial charge in [-0.3, -0.25) is 4.98 Å². The molecular formula is C9H12BNO2. The summed E-state index contributed by atoms with van der Waals surface area (Å²) in [5.41, 5.74) is 2.85. The van der Waals surface area contributed by atoms with E-state index in [2.05, 4.69) is 4.98 Å². The first kappa shape index (κ1) is 8.72. The molecule has 0 unspecified atom stereocenters.